The molecule has 2 aromatic rings. The van der Waals surface area contributed by atoms with E-state index in [1.165, 1.54) is 0 Å². The Hall–Kier alpha value is -2.05. The van der Waals surface area contributed by atoms with Gasteiger partial charge in [0.05, 0.1) is 4.47 Å². The summed E-state index contributed by atoms with van der Waals surface area (Å²) in [7, 11) is 0. The molecule has 0 spiro atoms. The second-order valence-electron chi connectivity index (χ2n) is 7.44. The number of amides is 2. The maximum atomic E-state index is 13.2. The van der Waals surface area contributed by atoms with E-state index in [-0.39, 0.29) is 18.4 Å². The van der Waals surface area contributed by atoms with Gasteiger partial charge in [-0.25, -0.2) is 0 Å². The van der Waals surface area contributed by atoms with E-state index >= 15 is 0 Å². The van der Waals surface area contributed by atoms with E-state index in [0.717, 1.165) is 24.0 Å². The molecule has 0 saturated carbocycles. The molecule has 0 saturated heterocycles. The summed E-state index contributed by atoms with van der Waals surface area (Å²) in [5, 5.41) is 3.53. The zero-order valence-corrected chi connectivity index (χ0v) is 20.6. The van der Waals surface area contributed by atoms with Crippen LogP contribution in [0.5, 0.6) is 5.75 Å². The van der Waals surface area contributed by atoms with Gasteiger partial charge in [0.15, 0.2) is 6.61 Å². The lowest BCUT2D eigenvalue weighted by molar-refractivity contribution is -0.143. The molecule has 0 radical (unpaired) electrons. The smallest absolute Gasteiger partial charge is 0.261 e. The number of nitrogens with zero attached hydrogens (tertiary/aromatic N) is 1. The van der Waals surface area contributed by atoms with Gasteiger partial charge in [-0.05, 0) is 59.5 Å². The minimum Gasteiger partial charge on any atom is -0.483 e. The van der Waals surface area contributed by atoms with E-state index in [1.807, 2.05) is 38.1 Å². The molecule has 168 valence electrons. The second kappa shape index (κ2) is 12.7. The number of unbranched alkanes of at least 4 members (excludes halogenated alkanes) is 1. The maximum Gasteiger partial charge on any atom is 0.261 e. The maximum absolute atomic E-state index is 13.2. The first-order valence-corrected chi connectivity index (χ1v) is 11.7. The normalized spacial score (nSPS) is 11.6. The van der Waals surface area contributed by atoms with Crippen molar-refractivity contribution < 1.29 is 14.3 Å². The first-order chi connectivity index (χ1) is 14.8. The molecule has 31 heavy (non-hydrogen) atoms. The lowest BCUT2D eigenvalue weighted by Crippen LogP contribution is -2.50. The predicted molar refractivity (Wildman–Crippen MR) is 128 cm³/mol. The second-order valence-corrected chi connectivity index (χ2v) is 8.73. The Labute approximate surface area is 198 Å². The highest BCUT2D eigenvalue weighted by atomic mass is 79.9. The summed E-state index contributed by atoms with van der Waals surface area (Å²) in [5.74, 6) is 0.137. The number of rotatable bonds is 11. The minimum atomic E-state index is -0.567. The molecule has 7 heteroatoms. The number of hydrogen-bond acceptors (Lipinski definition) is 3. The van der Waals surface area contributed by atoms with E-state index < -0.39 is 6.04 Å². The fourth-order valence-electron chi connectivity index (χ4n) is 3.13. The Morgan fingerprint density at radius 3 is 2.48 bits per heavy atom. The molecule has 0 bridgehead atoms. The molecule has 1 N–H and O–H groups in total. The van der Waals surface area contributed by atoms with Gasteiger partial charge in [-0.1, -0.05) is 61.7 Å². The molecular formula is C24H30BrClN2O3. The monoisotopic (exact) mass is 508 g/mol. The van der Waals surface area contributed by atoms with Crippen molar-refractivity contribution in [2.24, 2.45) is 0 Å². The summed E-state index contributed by atoms with van der Waals surface area (Å²) in [5.41, 5.74) is 2.10. The number of hydrogen-bond donors (Lipinski definition) is 1. The predicted octanol–water partition coefficient (Wildman–Crippen LogP) is 5.51. The molecule has 2 rings (SSSR count). The van der Waals surface area contributed by atoms with E-state index in [1.54, 1.807) is 23.1 Å². The summed E-state index contributed by atoms with van der Waals surface area (Å²) in [4.78, 5) is 27.6. The first-order valence-electron chi connectivity index (χ1n) is 10.6. The molecule has 0 aromatic heterocycles. The van der Waals surface area contributed by atoms with Crippen LogP contribution in [0.25, 0.3) is 0 Å². The average Bonchev–Trinajstić information content (AvgIpc) is 2.74. The highest BCUT2D eigenvalue weighted by Crippen LogP contribution is 2.28. The molecule has 0 fully saturated rings. The highest BCUT2D eigenvalue weighted by molar-refractivity contribution is 9.10. The molecule has 1 unspecified atom stereocenters. The lowest BCUT2D eigenvalue weighted by atomic mass is 10.1. The van der Waals surface area contributed by atoms with Crippen LogP contribution in [0, 0.1) is 6.92 Å². The summed E-state index contributed by atoms with van der Waals surface area (Å²) in [6, 6.07) is 12.5. The van der Waals surface area contributed by atoms with Gasteiger partial charge >= 0.3 is 0 Å². The molecule has 5 nitrogen and oxygen atoms in total. The van der Waals surface area contributed by atoms with E-state index in [2.05, 4.69) is 28.2 Å². The van der Waals surface area contributed by atoms with Crippen LogP contribution >= 0.6 is 27.5 Å². The van der Waals surface area contributed by atoms with Crippen LogP contribution in [0.3, 0.4) is 0 Å². The van der Waals surface area contributed by atoms with Crippen LogP contribution < -0.4 is 10.1 Å². The van der Waals surface area contributed by atoms with Crippen LogP contribution in [-0.4, -0.2) is 35.9 Å². The molecule has 2 aromatic carbocycles. The van der Waals surface area contributed by atoms with Crippen molar-refractivity contribution in [2.45, 2.75) is 52.6 Å². The largest absolute Gasteiger partial charge is 0.483 e. The van der Waals surface area contributed by atoms with Gasteiger partial charge in [-0.2, -0.15) is 0 Å². The van der Waals surface area contributed by atoms with Crippen LogP contribution in [0.1, 0.15) is 44.2 Å². The molecular weight excluding hydrogens is 480 g/mol. The zero-order valence-electron chi connectivity index (χ0n) is 18.3. The number of nitrogens with one attached hydrogen (secondary N) is 1. The standard InChI is InChI=1S/C24H30BrClN2O3/c1-4-6-13-27-24(30)21(5-2)28(15-18-9-7-17(3)8-10-18)23(29)16-31-22-12-11-19(26)14-20(22)25/h7-12,14,21H,4-6,13,15-16H2,1-3H3,(H,27,30). The molecule has 0 aliphatic heterocycles. The number of aryl methyl sites for hydroxylation is 1. The van der Waals surface area contributed by atoms with Crippen molar-refractivity contribution in [1.82, 2.24) is 10.2 Å². The fraction of sp³-hybridized carbons (Fsp3) is 0.417. The van der Waals surface area contributed by atoms with Crippen LogP contribution in [0.15, 0.2) is 46.9 Å². The van der Waals surface area contributed by atoms with Gasteiger partial charge in [0.25, 0.3) is 5.91 Å². The van der Waals surface area contributed by atoms with Crippen molar-refractivity contribution in [3.8, 4) is 5.75 Å². The van der Waals surface area contributed by atoms with Gasteiger partial charge in [-0.3, -0.25) is 9.59 Å². The lowest BCUT2D eigenvalue weighted by Gasteiger charge is -2.30. The van der Waals surface area contributed by atoms with Gasteiger partial charge in [0.1, 0.15) is 11.8 Å². The van der Waals surface area contributed by atoms with Crippen molar-refractivity contribution in [2.75, 3.05) is 13.2 Å². The molecule has 0 aliphatic carbocycles. The van der Waals surface area contributed by atoms with Gasteiger partial charge < -0.3 is 15.0 Å². The fourth-order valence-corrected chi connectivity index (χ4v) is 3.93. The van der Waals surface area contributed by atoms with Gasteiger partial charge in [0, 0.05) is 18.1 Å². The Kier molecular flexibility index (Phi) is 10.3. The van der Waals surface area contributed by atoms with Crippen molar-refractivity contribution >= 4 is 39.3 Å². The number of benzene rings is 2. The number of carbonyl (C=O) groups excluding carboxylic acids is 2. The van der Waals surface area contributed by atoms with Crippen LogP contribution in [0.2, 0.25) is 5.02 Å². The van der Waals surface area contributed by atoms with Crippen molar-refractivity contribution in [1.29, 1.82) is 0 Å². The van der Waals surface area contributed by atoms with E-state index in [0.29, 0.717) is 34.8 Å². The van der Waals surface area contributed by atoms with E-state index in [9.17, 15) is 9.59 Å². The van der Waals surface area contributed by atoms with E-state index in [4.69, 9.17) is 16.3 Å². The van der Waals surface area contributed by atoms with Crippen LogP contribution in [0.4, 0.5) is 0 Å². The summed E-state index contributed by atoms with van der Waals surface area (Å²) in [6.45, 7) is 6.76. The summed E-state index contributed by atoms with van der Waals surface area (Å²) < 4.78 is 6.40. The zero-order chi connectivity index (χ0) is 22.8. The average molecular weight is 510 g/mol. The number of carbonyl (C=O) groups is 2. The van der Waals surface area contributed by atoms with Crippen molar-refractivity contribution in [3.63, 3.8) is 0 Å². The molecule has 0 aliphatic rings. The summed E-state index contributed by atoms with van der Waals surface area (Å²) in [6.07, 6.45) is 2.41. The Morgan fingerprint density at radius 2 is 1.87 bits per heavy atom. The SMILES string of the molecule is CCCCNC(=O)C(CC)N(Cc1ccc(C)cc1)C(=O)COc1ccc(Cl)cc1Br. The third kappa shape index (κ3) is 7.86. The van der Waals surface area contributed by atoms with Gasteiger partial charge in [0.2, 0.25) is 5.91 Å². The summed E-state index contributed by atoms with van der Waals surface area (Å²) >= 11 is 9.37. The molecule has 0 heterocycles. The minimum absolute atomic E-state index is 0.135. The Morgan fingerprint density at radius 1 is 1.16 bits per heavy atom. The topological polar surface area (TPSA) is 58.6 Å². The Bertz CT molecular complexity index is 874. The third-order valence-electron chi connectivity index (χ3n) is 4.93. The Balaban J connectivity index is 2.18. The quantitative estimate of drug-likeness (QED) is 0.406. The third-order valence-corrected chi connectivity index (χ3v) is 5.79. The van der Waals surface area contributed by atoms with Gasteiger partial charge in [-0.15, -0.1) is 0 Å². The highest BCUT2D eigenvalue weighted by Gasteiger charge is 2.28. The van der Waals surface area contributed by atoms with Crippen molar-refractivity contribution in [3.05, 3.63) is 63.1 Å². The molecule has 2 amide bonds. The first kappa shape index (κ1) is 25.2. The number of ether oxygens (including phenoxy) is 1. The van der Waals surface area contributed by atoms with Crippen LogP contribution in [-0.2, 0) is 16.1 Å². The number of halogens is 2. The molecule has 1 atom stereocenters.